The highest BCUT2D eigenvalue weighted by atomic mass is 35.5. The number of morpholine rings is 1. The van der Waals surface area contributed by atoms with Gasteiger partial charge < -0.3 is 19.9 Å². The molecule has 2 aliphatic rings. The van der Waals surface area contributed by atoms with Crippen molar-refractivity contribution in [3.63, 3.8) is 0 Å². The van der Waals surface area contributed by atoms with Gasteiger partial charge in [-0.25, -0.2) is 9.97 Å². The number of aromatic nitrogens is 2. The molecule has 2 saturated heterocycles. The van der Waals surface area contributed by atoms with Crippen LogP contribution in [0.15, 0.2) is 30.6 Å². The van der Waals surface area contributed by atoms with E-state index in [1.165, 1.54) is 6.33 Å². The number of anilines is 3. The summed E-state index contributed by atoms with van der Waals surface area (Å²) in [6, 6.07) is 7.73. The minimum Gasteiger partial charge on any atom is -0.379 e. The van der Waals surface area contributed by atoms with Gasteiger partial charge in [0.1, 0.15) is 6.33 Å². The molecule has 0 amide bonds. The quantitative estimate of drug-likeness (QED) is 0.361. The van der Waals surface area contributed by atoms with E-state index in [0.29, 0.717) is 30.5 Å². The molecule has 2 aromatic rings. The third-order valence-electron chi connectivity index (χ3n) is 5.79. The fourth-order valence-corrected chi connectivity index (χ4v) is 4.27. The number of nitro groups is 1. The number of hydrogen-bond acceptors (Lipinski definition) is 9. The minimum atomic E-state index is -0.386. The lowest BCUT2D eigenvalue weighted by atomic mass is 10.2. The van der Waals surface area contributed by atoms with Crippen molar-refractivity contribution in [2.75, 3.05) is 80.7 Å². The first-order valence-electron chi connectivity index (χ1n) is 10.9. The van der Waals surface area contributed by atoms with E-state index in [4.69, 9.17) is 16.3 Å². The Morgan fingerprint density at radius 3 is 2.56 bits per heavy atom. The smallest absolute Gasteiger partial charge is 0.353 e. The summed E-state index contributed by atoms with van der Waals surface area (Å²) >= 11 is 6.11. The molecule has 10 nitrogen and oxygen atoms in total. The predicted octanol–water partition coefficient (Wildman–Crippen LogP) is 2.50. The molecule has 2 fully saturated rings. The summed E-state index contributed by atoms with van der Waals surface area (Å²) in [4.78, 5) is 26.5. The van der Waals surface area contributed by atoms with Gasteiger partial charge in [-0.15, -0.1) is 0 Å². The molecule has 0 bridgehead atoms. The van der Waals surface area contributed by atoms with Gasteiger partial charge in [0, 0.05) is 56.5 Å². The maximum atomic E-state index is 11.9. The Balaban J connectivity index is 1.38. The van der Waals surface area contributed by atoms with E-state index in [1.54, 1.807) is 0 Å². The fraction of sp³-hybridized carbons (Fsp3) is 0.524. The first kappa shape index (κ1) is 22.5. The van der Waals surface area contributed by atoms with Crippen LogP contribution in [0.5, 0.6) is 0 Å². The molecule has 0 saturated carbocycles. The molecule has 1 N–H and O–H groups in total. The zero-order valence-electron chi connectivity index (χ0n) is 18.0. The third kappa shape index (κ3) is 5.56. The van der Waals surface area contributed by atoms with Crippen LogP contribution in [-0.4, -0.2) is 85.4 Å². The molecule has 0 atom stereocenters. The van der Waals surface area contributed by atoms with Crippen molar-refractivity contribution in [1.29, 1.82) is 0 Å². The molecule has 0 aliphatic carbocycles. The first-order chi connectivity index (χ1) is 15.6. The second-order valence-electron chi connectivity index (χ2n) is 7.84. The van der Waals surface area contributed by atoms with Crippen LogP contribution < -0.4 is 15.1 Å². The zero-order chi connectivity index (χ0) is 22.3. The zero-order valence-corrected chi connectivity index (χ0v) is 18.7. The first-order valence-corrected chi connectivity index (χ1v) is 11.3. The van der Waals surface area contributed by atoms with Crippen LogP contribution in [0, 0.1) is 10.1 Å². The van der Waals surface area contributed by atoms with E-state index >= 15 is 0 Å². The van der Waals surface area contributed by atoms with E-state index in [2.05, 4.69) is 25.1 Å². The van der Waals surface area contributed by atoms with Gasteiger partial charge in [-0.05, 0) is 31.2 Å². The van der Waals surface area contributed by atoms with E-state index in [9.17, 15) is 10.1 Å². The maximum absolute atomic E-state index is 11.9. The van der Waals surface area contributed by atoms with Gasteiger partial charge in [0.25, 0.3) is 0 Å². The molecule has 2 aliphatic heterocycles. The summed E-state index contributed by atoms with van der Waals surface area (Å²) in [7, 11) is 0. The molecule has 172 valence electrons. The summed E-state index contributed by atoms with van der Waals surface area (Å²) in [6.45, 7) is 7.62. The Hall–Kier alpha value is -2.69. The minimum absolute atomic E-state index is 0.0601. The fourth-order valence-electron chi connectivity index (χ4n) is 4.08. The molecule has 1 aromatic carbocycles. The summed E-state index contributed by atoms with van der Waals surface area (Å²) in [5.41, 5.74) is 0.993. The molecule has 32 heavy (non-hydrogen) atoms. The van der Waals surface area contributed by atoms with Crippen LogP contribution in [0.25, 0.3) is 0 Å². The van der Waals surface area contributed by atoms with Gasteiger partial charge in [-0.3, -0.25) is 15.0 Å². The topological polar surface area (TPSA) is 99.9 Å². The average molecular weight is 462 g/mol. The summed E-state index contributed by atoms with van der Waals surface area (Å²) in [6.07, 6.45) is 2.27. The molecular weight excluding hydrogens is 434 g/mol. The van der Waals surface area contributed by atoms with Crippen molar-refractivity contribution >= 4 is 34.6 Å². The molecule has 11 heteroatoms. The molecule has 0 radical (unpaired) electrons. The number of piperazine rings is 1. The molecule has 3 heterocycles. The Morgan fingerprint density at radius 2 is 1.84 bits per heavy atom. The highest BCUT2D eigenvalue weighted by Gasteiger charge is 2.29. The largest absolute Gasteiger partial charge is 0.379 e. The van der Waals surface area contributed by atoms with Gasteiger partial charge in [0.05, 0.1) is 18.1 Å². The van der Waals surface area contributed by atoms with Gasteiger partial charge in [-0.1, -0.05) is 17.7 Å². The highest BCUT2D eigenvalue weighted by molar-refractivity contribution is 6.30. The van der Waals surface area contributed by atoms with Gasteiger partial charge in [0.15, 0.2) is 0 Å². The number of nitrogens with zero attached hydrogens (tertiary/aromatic N) is 6. The molecule has 1 aromatic heterocycles. The van der Waals surface area contributed by atoms with Crippen LogP contribution in [0.4, 0.5) is 23.0 Å². The summed E-state index contributed by atoms with van der Waals surface area (Å²) < 4.78 is 5.36. The number of ether oxygens (including phenoxy) is 1. The maximum Gasteiger partial charge on any atom is 0.353 e. The van der Waals surface area contributed by atoms with E-state index in [-0.39, 0.29) is 16.4 Å². The van der Waals surface area contributed by atoms with Crippen LogP contribution in [0.1, 0.15) is 6.42 Å². The van der Waals surface area contributed by atoms with Crippen molar-refractivity contribution in [2.24, 2.45) is 0 Å². The Kier molecular flexibility index (Phi) is 7.56. The normalized spacial score (nSPS) is 17.4. The van der Waals surface area contributed by atoms with Crippen molar-refractivity contribution in [3.8, 4) is 0 Å². The lowest BCUT2D eigenvalue weighted by Gasteiger charge is -2.36. The van der Waals surface area contributed by atoms with Crippen molar-refractivity contribution in [1.82, 2.24) is 14.9 Å². The van der Waals surface area contributed by atoms with Gasteiger partial charge >= 0.3 is 5.69 Å². The molecule has 0 unspecified atom stereocenters. The van der Waals surface area contributed by atoms with Gasteiger partial charge in [0.2, 0.25) is 11.6 Å². The third-order valence-corrected chi connectivity index (χ3v) is 6.02. The lowest BCUT2D eigenvalue weighted by Crippen LogP contribution is -2.47. The lowest BCUT2D eigenvalue weighted by molar-refractivity contribution is -0.383. The standard InChI is InChI=1S/C21H28ClN7O3/c22-17-3-1-4-18(15-17)27-7-9-28(10-8-27)21-19(29(30)31)20(24-16-25-21)23-5-2-6-26-11-13-32-14-12-26/h1,3-4,15-16H,2,5-14H2,(H,23,24,25). The van der Waals surface area contributed by atoms with E-state index < -0.39 is 0 Å². The second-order valence-corrected chi connectivity index (χ2v) is 8.28. The Labute approximate surface area is 192 Å². The van der Waals surface area contributed by atoms with E-state index in [0.717, 1.165) is 58.0 Å². The second kappa shape index (κ2) is 10.8. The summed E-state index contributed by atoms with van der Waals surface area (Å²) in [5, 5.41) is 15.7. The number of benzene rings is 1. The predicted molar refractivity (Wildman–Crippen MR) is 125 cm³/mol. The van der Waals surface area contributed by atoms with Crippen molar-refractivity contribution < 1.29 is 9.66 Å². The molecule has 0 spiro atoms. The molecule has 4 rings (SSSR count). The van der Waals surface area contributed by atoms with Crippen LogP contribution in [0.2, 0.25) is 5.02 Å². The van der Waals surface area contributed by atoms with Crippen molar-refractivity contribution in [2.45, 2.75) is 6.42 Å². The van der Waals surface area contributed by atoms with Crippen molar-refractivity contribution in [3.05, 3.63) is 45.7 Å². The Morgan fingerprint density at radius 1 is 1.09 bits per heavy atom. The summed E-state index contributed by atoms with van der Waals surface area (Å²) in [5.74, 6) is 0.644. The average Bonchev–Trinajstić information content (AvgIpc) is 2.82. The number of nitrogens with one attached hydrogen (secondary N) is 1. The van der Waals surface area contributed by atoms with Gasteiger partial charge in [-0.2, -0.15) is 0 Å². The highest BCUT2D eigenvalue weighted by Crippen LogP contribution is 2.33. The van der Waals surface area contributed by atoms with Crippen LogP contribution in [0.3, 0.4) is 0 Å². The van der Waals surface area contributed by atoms with E-state index in [1.807, 2.05) is 29.2 Å². The number of hydrogen-bond donors (Lipinski definition) is 1. The monoisotopic (exact) mass is 461 g/mol. The number of halogens is 1. The number of rotatable bonds is 8. The molecular formula is C21H28ClN7O3. The van der Waals surface area contributed by atoms with Crippen LogP contribution >= 0.6 is 11.6 Å². The Bertz CT molecular complexity index is 918. The van der Waals surface area contributed by atoms with Crippen LogP contribution in [-0.2, 0) is 4.74 Å². The SMILES string of the molecule is O=[N+]([O-])c1c(NCCCN2CCOCC2)ncnc1N1CCN(c2cccc(Cl)c2)CC1.